The number of hydrogen-bond donors (Lipinski definition) is 1. The summed E-state index contributed by atoms with van der Waals surface area (Å²) in [6.07, 6.45) is 4.84. The average Bonchev–Trinajstić information content (AvgIpc) is 2.90. The summed E-state index contributed by atoms with van der Waals surface area (Å²) in [7, 11) is 1.93. The minimum Gasteiger partial charge on any atom is -0.421 e. The topological polar surface area (TPSA) is 51.2 Å². The van der Waals surface area contributed by atoms with Crippen molar-refractivity contribution < 1.29 is 9.53 Å². The number of fused-ring (bicyclic) bond motifs is 1. The third-order valence-corrected chi connectivity index (χ3v) is 3.94. The van der Waals surface area contributed by atoms with Gasteiger partial charge in [0.2, 0.25) is 0 Å². The first-order valence-corrected chi connectivity index (χ1v) is 7.18. The van der Waals surface area contributed by atoms with Gasteiger partial charge >= 0.3 is 5.97 Å². The molecule has 0 bridgehead atoms. The molecule has 1 aromatic heterocycles. The molecule has 1 heterocycles. The van der Waals surface area contributed by atoms with Crippen LogP contribution in [0.1, 0.15) is 33.9 Å². The molecule has 1 atom stereocenters. The third kappa shape index (κ3) is 2.77. The zero-order chi connectivity index (χ0) is 14.8. The highest BCUT2D eigenvalue weighted by atomic mass is 35.5. The lowest BCUT2D eigenvalue weighted by Gasteiger charge is -2.11. The Labute approximate surface area is 128 Å². The molecule has 0 aliphatic heterocycles. The molecule has 1 aromatic carbocycles. The van der Waals surface area contributed by atoms with Gasteiger partial charge in [0.05, 0.1) is 16.8 Å². The molecule has 21 heavy (non-hydrogen) atoms. The quantitative estimate of drug-likeness (QED) is 0.885. The van der Waals surface area contributed by atoms with Crippen LogP contribution in [0, 0.1) is 0 Å². The molecule has 1 unspecified atom stereocenters. The van der Waals surface area contributed by atoms with Gasteiger partial charge in [-0.05, 0) is 37.1 Å². The molecule has 0 fully saturated rings. The van der Waals surface area contributed by atoms with Crippen LogP contribution in [0.2, 0.25) is 5.02 Å². The number of hydrogen-bond acceptors (Lipinski definition) is 4. The molecule has 1 aliphatic rings. The predicted molar refractivity (Wildman–Crippen MR) is 80.8 cm³/mol. The number of nitrogens with one attached hydrogen (secondary N) is 1. The first-order chi connectivity index (χ1) is 10.2. The van der Waals surface area contributed by atoms with Crippen LogP contribution in [0.15, 0.2) is 36.7 Å². The van der Waals surface area contributed by atoms with Gasteiger partial charge in [-0.2, -0.15) is 0 Å². The number of aromatic nitrogens is 1. The van der Waals surface area contributed by atoms with E-state index in [1.165, 1.54) is 18.0 Å². The Morgan fingerprint density at radius 1 is 1.43 bits per heavy atom. The molecule has 3 rings (SSSR count). The fourth-order valence-electron chi connectivity index (χ4n) is 2.76. The van der Waals surface area contributed by atoms with E-state index in [9.17, 15) is 4.79 Å². The first kappa shape index (κ1) is 14.0. The molecule has 108 valence electrons. The lowest BCUT2D eigenvalue weighted by molar-refractivity contribution is 0.0733. The average molecular weight is 303 g/mol. The maximum Gasteiger partial charge on any atom is 0.343 e. The molecule has 1 aliphatic carbocycles. The number of ether oxygens (including phenoxy) is 1. The van der Waals surface area contributed by atoms with Crippen molar-refractivity contribution in [3.8, 4) is 5.75 Å². The minimum absolute atomic E-state index is 0.306. The smallest absolute Gasteiger partial charge is 0.343 e. The highest BCUT2D eigenvalue weighted by Crippen LogP contribution is 2.33. The van der Waals surface area contributed by atoms with Crippen LogP contribution < -0.4 is 10.1 Å². The van der Waals surface area contributed by atoms with Crippen LogP contribution in [0.5, 0.6) is 5.75 Å². The van der Waals surface area contributed by atoms with Crippen molar-refractivity contribution >= 4 is 17.6 Å². The molecular weight excluding hydrogens is 288 g/mol. The molecule has 0 amide bonds. The third-order valence-electron chi connectivity index (χ3n) is 3.73. The predicted octanol–water partition coefficient (Wildman–Crippen LogP) is 3.16. The van der Waals surface area contributed by atoms with E-state index in [0.717, 1.165) is 18.4 Å². The fourth-order valence-corrected chi connectivity index (χ4v) is 2.92. The summed E-state index contributed by atoms with van der Waals surface area (Å²) in [5, 5.41) is 3.70. The van der Waals surface area contributed by atoms with Crippen molar-refractivity contribution in [1.82, 2.24) is 10.3 Å². The van der Waals surface area contributed by atoms with Gasteiger partial charge in [0.1, 0.15) is 0 Å². The van der Waals surface area contributed by atoms with Crippen molar-refractivity contribution in [2.24, 2.45) is 0 Å². The van der Waals surface area contributed by atoms with Crippen molar-refractivity contribution in [3.05, 3.63) is 58.4 Å². The number of benzene rings is 1. The second kappa shape index (κ2) is 5.84. The number of carbonyl (C=O) groups is 1. The fraction of sp³-hybridized carbons (Fsp3) is 0.250. The molecule has 0 saturated heterocycles. The molecule has 5 heteroatoms. The number of halogens is 1. The van der Waals surface area contributed by atoms with E-state index in [2.05, 4.69) is 16.4 Å². The van der Waals surface area contributed by atoms with Crippen LogP contribution in [-0.4, -0.2) is 18.0 Å². The van der Waals surface area contributed by atoms with E-state index in [1.54, 1.807) is 12.1 Å². The summed E-state index contributed by atoms with van der Waals surface area (Å²) in [6.45, 7) is 0. The Kier molecular flexibility index (Phi) is 3.90. The van der Waals surface area contributed by atoms with Crippen LogP contribution in [0.4, 0.5) is 0 Å². The normalized spacial score (nSPS) is 16.6. The van der Waals surface area contributed by atoms with Crippen LogP contribution >= 0.6 is 11.6 Å². The van der Waals surface area contributed by atoms with Crippen molar-refractivity contribution in [1.29, 1.82) is 0 Å². The van der Waals surface area contributed by atoms with Crippen molar-refractivity contribution in [3.63, 3.8) is 0 Å². The molecule has 0 radical (unpaired) electrons. The Balaban J connectivity index is 1.88. The van der Waals surface area contributed by atoms with E-state index in [0.29, 0.717) is 22.4 Å². The Morgan fingerprint density at radius 3 is 3.05 bits per heavy atom. The molecular formula is C16H15ClN2O2. The van der Waals surface area contributed by atoms with E-state index in [-0.39, 0.29) is 5.97 Å². The zero-order valence-electron chi connectivity index (χ0n) is 11.6. The largest absolute Gasteiger partial charge is 0.421 e. The van der Waals surface area contributed by atoms with Gasteiger partial charge in [0.25, 0.3) is 0 Å². The maximum atomic E-state index is 12.4. The first-order valence-electron chi connectivity index (χ1n) is 6.81. The Morgan fingerprint density at radius 2 is 2.29 bits per heavy atom. The van der Waals surface area contributed by atoms with Gasteiger partial charge in [-0.1, -0.05) is 23.7 Å². The molecule has 4 nitrogen and oxygen atoms in total. The molecule has 0 spiro atoms. The summed E-state index contributed by atoms with van der Waals surface area (Å²) in [5.41, 5.74) is 2.86. The van der Waals surface area contributed by atoms with Crippen LogP contribution in [-0.2, 0) is 6.42 Å². The van der Waals surface area contributed by atoms with Gasteiger partial charge in [-0.15, -0.1) is 0 Å². The second-order valence-electron chi connectivity index (χ2n) is 4.98. The maximum absolute atomic E-state index is 12.4. The van der Waals surface area contributed by atoms with Crippen LogP contribution in [0.3, 0.4) is 0 Å². The zero-order valence-corrected chi connectivity index (χ0v) is 12.4. The number of pyridine rings is 1. The Bertz CT molecular complexity index is 688. The van der Waals surface area contributed by atoms with Crippen LogP contribution in [0.25, 0.3) is 0 Å². The van der Waals surface area contributed by atoms with Gasteiger partial charge in [0, 0.05) is 18.3 Å². The number of rotatable bonds is 3. The van der Waals surface area contributed by atoms with Gasteiger partial charge in [-0.3, -0.25) is 4.98 Å². The SMILES string of the molecule is CNC1CCc2c(C(=O)Oc3cncc(Cl)c3)cccc21. The van der Waals surface area contributed by atoms with Crippen molar-refractivity contribution in [2.45, 2.75) is 18.9 Å². The summed E-state index contributed by atoms with van der Waals surface area (Å²) in [4.78, 5) is 16.3. The Hall–Kier alpha value is -1.91. The van der Waals surface area contributed by atoms with E-state index >= 15 is 0 Å². The van der Waals surface area contributed by atoms with E-state index < -0.39 is 0 Å². The molecule has 2 aromatic rings. The number of nitrogens with zero attached hydrogens (tertiary/aromatic N) is 1. The molecule has 0 saturated carbocycles. The summed E-state index contributed by atoms with van der Waals surface area (Å²) >= 11 is 5.84. The highest BCUT2D eigenvalue weighted by molar-refractivity contribution is 6.30. The lowest BCUT2D eigenvalue weighted by Crippen LogP contribution is -2.14. The highest BCUT2D eigenvalue weighted by Gasteiger charge is 2.26. The minimum atomic E-state index is -0.368. The summed E-state index contributed by atoms with van der Waals surface area (Å²) in [5.74, 6) is -0.0130. The van der Waals surface area contributed by atoms with E-state index in [1.807, 2.05) is 13.1 Å². The van der Waals surface area contributed by atoms with Gasteiger partial charge in [0.15, 0.2) is 5.75 Å². The summed E-state index contributed by atoms with van der Waals surface area (Å²) < 4.78 is 5.37. The monoisotopic (exact) mass is 302 g/mol. The lowest BCUT2D eigenvalue weighted by atomic mass is 10.0. The van der Waals surface area contributed by atoms with Gasteiger partial charge < -0.3 is 10.1 Å². The number of esters is 1. The van der Waals surface area contributed by atoms with Crippen molar-refractivity contribution in [2.75, 3.05) is 7.05 Å². The summed E-state index contributed by atoms with van der Waals surface area (Å²) in [6, 6.07) is 7.63. The standard InChI is InChI=1S/C16H15ClN2O2/c1-18-15-6-5-12-13(15)3-2-4-14(12)16(20)21-11-7-10(17)8-19-9-11/h2-4,7-9,15,18H,5-6H2,1H3. The van der Waals surface area contributed by atoms with Gasteiger partial charge in [-0.25, -0.2) is 4.79 Å². The molecule has 1 N–H and O–H groups in total. The second-order valence-corrected chi connectivity index (χ2v) is 5.42. The van der Waals surface area contributed by atoms with E-state index in [4.69, 9.17) is 16.3 Å². The number of carbonyl (C=O) groups excluding carboxylic acids is 1.